The molecular weight excluding hydrogens is 186 g/mol. The van der Waals surface area contributed by atoms with Gasteiger partial charge < -0.3 is 0 Å². The Morgan fingerprint density at radius 3 is 2.36 bits per heavy atom. The van der Waals surface area contributed by atoms with Gasteiger partial charge in [-0.25, -0.2) is 0 Å². The van der Waals surface area contributed by atoms with Gasteiger partial charge in [-0.3, -0.25) is 4.90 Å². The molecule has 1 aliphatic rings. The molecule has 0 spiro atoms. The Labute approximate surface area is 88.8 Å². The van der Waals surface area contributed by atoms with Crippen LogP contribution >= 0.6 is 0 Å². The molecule has 0 amide bonds. The lowest BCUT2D eigenvalue weighted by molar-refractivity contribution is 0.382. The van der Waals surface area contributed by atoms with Crippen molar-refractivity contribution in [3.8, 4) is 0 Å². The molecule has 1 nitrogen and oxygen atoms in total. The molecule has 0 aromatic heterocycles. The number of rotatable bonds is 2. The highest BCUT2D eigenvalue weighted by Crippen LogP contribution is 2.18. The monoisotopic (exact) mass is 207 g/mol. The molecule has 0 aromatic rings. The largest absolute Gasteiger partial charge is 0.299 e. The van der Waals surface area contributed by atoms with Crippen LogP contribution in [0.1, 0.15) is 0 Å². The van der Waals surface area contributed by atoms with Crippen molar-refractivity contribution < 1.29 is 0 Å². The van der Waals surface area contributed by atoms with Crippen LogP contribution in [0, 0.1) is 0 Å². The number of hydrogen-bond acceptors (Lipinski definition) is 1. The summed E-state index contributed by atoms with van der Waals surface area (Å²) >= 11 is 0. The van der Waals surface area contributed by atoms with Gasteiger partial charge >= 0.3 is 0 Å². The van der Waals surface area contributed by atoms with E-state index in [0.29, 0.717) is 6.04 Å². The number of allylic oxidation sites excluding steroid dienone is 2. The molecule has 14 heavy (non-hydrogen) atoms. The molecule has 0 saturated heterocycles. The van der Waals surface area contributed by atoms with E-state index in [1.165, 1.54) is 5.57 Å². The van der Waals surface area contributed by atoms with Gasteiger partial charge in [0, 0.05) is 0 Å². The van der Waals surface area contributed by atoms with Gasteiger partial charge in [-0.15, -0.1) is 0 Å². The molecule has 1 rings (SSSR count). The minimum Gasteiger partial charge on any atom is -0.299 e. The predicted octanol–water partition coefficient (Wildman–Crippen LogP) is 2.85. The van der Waals surface area contributed by atoms with Crippen molar-refractivity contribution in [2.75, 3.05) is 14.1 Å². The third-order valence-corrected chi connectivity index (χ3v) is 3.39. The minimum absolute atomic E-state index is 0.465. The molecule has 0 aliphatic heterocycles. The number of hydrogen-bond donors (Lipinski definition) is 0. The lowest BCUT2D eigenvalue weighted by Crippen LogP contribution is -2.30. The molecule has 0 radical (unpaired) electrons. The van der Waals surface area contributed by atoms with Gasteiger partial charge in [-0.2, -0.15) is 0 Å². The van der Waals surface area contributed by atoms with Crippen LogP contribution in [-0.2, 0) is 0 Å². The molecule has 0 N–H and O–H groups in total. The van der Waals surface area contributed by atoms with Gasteiger partial charge in [0.15, 0.2) is 0 Å². The average molecular weight is 207 g/mol. The van der Waals surface area contributed by atoms with Crippen molar-refractivity contribution in [2.45, 2.75) is 25.7 Å². The Balaban J connectivity index is 2.91. The Bertz CT molecular complexity index is 279. The molecule has 0 bridgehead atoms. The SMILES string of the molecule is CN(C)C1C=CC=C/C1=C\[Si](C)(C)C. The fourth-order valence-electron chi connectivity index (χ4n) is 1.65. The van der Waals surface area contributed by atoms with Crippen LogP contribution in [0.25, 0.3) is 0 Å². The van der Waals surface area contributed by atoms with Gasteiger partial charge in [0.1, 0.15) is 0 Å². The fourth-order valence-corrected chi connectivity index (χ4v) is 2.92. The molecule has 1 aliphatic carbocycles. The first-order valence-corrected chi connectivity index (χ1v) is 8.72. The summed E-state index contributed by atoms with van der Waals surface area (Å²) in [6.45, 7) is 7.12. The van der Waals surface area contributed by atoms with E-state index in [2.05, 4.69) is 68.6 Å². The van der Waals surface area contributed by atoms with Crippen molar-refractivity contribution in [2.24, 2.45) is 0 Å². The molecule has 78 valence electrons. The molecule has 0 aromatic carbocycles. The quantitative estimate of drug-likeness (QED) is 0.629. The second-order valence-electron chi connectivity index (χ2n) is 5.16. The molecule has 1 atom stereocenters. The maximum absolute atomic E-state index is 2.48. The Morgan fingerprint density at radius 1 is 1.21 bits per heavy atom. The Hall–Kier alpha value is -0.603. The lowest BCUT2D eigenvalue weighted by Gasteiger charge is -2.26. The standard InChI is InChI=1S/C12H21NSi/c1-13(2)12-9-7-6-8-11(12)10-14(3,4)5/h6-10,12H,1-5H3/b11-10+. The average Bonchev–Trinajstić information content (AvgIpc) is 2.01. The van der Waals surface area contributed by atoms with Gasteiger partial charge in [0.2, 0.25) is 0 Å². The van der Waals surface area contributed by atoms with E-state index in [1.807, 2.05) is 0 Å². The maximum Gasteiger partial charge on any atom is 0.0691 e. The summed E-state index contributed by atoms with van der Waals surface area (Å²) in [5.41, 5.74) is 3.94. The predicted molar refractivity (Wildman–Crippen MR) is 67.2 cm³/mol. The van der Waals surface area contributed by atoms with Gasteiger partial charge in [-0.05, 0) is 19.7 Å². The normalized spacial score (nSPS) is 25.0. The maximum atomic E-state index is 2.48. The molecule has 0 fully saturated rings. The van der Waals surface area contributed by atoms with E-state index < -0.39 is 8.07 Å². The first-order valence-electron chi connectivity index (χ1n) is 5.14. The van der Waals surface area contributed by atoms with Crippen molar-refractivity contribution >= 4 is 8.07 Å². The minimum atomic E-state index is -1.11. The summed E-state index contributed by atoms with van der Waals surface area (Å²) in [7, 11) is 3.16. The van der Waals surface area contributed by atoms with E-state index in [0.717, 1.165) is 0 Å². The zero-order valence-electron chi connectivity index (χ0n) is 9.91. The molecule has 0 saturated carbocycles. The third kappa shape index (κ3) is 3.27. The third-order valence-electron chi connectivity index (χ3n) is 2.19. The smallest absolute Gasteiger partial charge is 0.0691 e. The highest BCUT2D eigenvalue weighted by Gasteiger charge is 2.17. The van der Waals surface area contributed by atoms with E-state index in [1.54, 1.807) is 0 Å². The van der Waals surface area contributed by atoms with Crippen LogP contribution in [0.2, 0.25) is 19.6 Å². The van der Waals surface area contributed by atoms with Crippen molar-refractivity contribution in [3.63, 3.8) is 0 Å². The first kappa shape index (κ1) is 11.5. The molecule has 0 heterocycles. The van der Waals surface area contributed by atoms with Crippen LogP contribution in [0.15, 0.2) is 35.6 Å². The Kier molecular flexibility index (Phi) is 3.51. The second-order valence-corrected chi connectivity index (χ2v) is 10.2. The van der Waals surface area contributed by atoms with Crippen molar-refractivity contribution in [3.05, 3.63) is 35.6 Å². The van der Waals surface area contributed by atoms with Crippen LogP contribution in [0.4, 0.5) is 0 Å². The van der Waals surface area contributed by atoms with E-state index in [9.17, 15) is 0 Å². The van der Waals surface area contributed by atoms with Crippen LogP contribution in [0.3, 0.4) is 0 Å². The van der Waals surface area contributed by atoms with Crippen LogP contribution in [0.5, 0.6) is 0 Å². The van der Waals surface area contributed by atoms with E-state index in [-0.39, 0.29) is 0 Å². The van der Waals surface area contributed by atoms with Gasteiger partial charge in [-0.1, -0.05) is 49.6 Å². The lowest BCUT2D eigenvalue weighted by atomic mass is 10.0. The fraction of sp³-hybridized carbons (Fsp3) is 0.500. The van der Waals surface area contributed by atoms with Crippen molar-refractivity contribution in [1.82, 2.24) is 4.90 Å². The van der Waals surface area contributed by atoms with E-state index >= 15 is 0 Å². The van der Waals surface area contributed by atoms with Crippen LogP contribution < -0.4 is 0 Å². The summed E-state index contributed by atoms with van der Waals surface area (Å²) in [6, 6.07) is 0.465. The molecular formula is C12H21NSi. The number of nitrogens with zero attached hydrogens (tertiary/aromatic N) is 1. The second kappa shape index (κ2) is 4.28. The zero-order valence-corrected chi connectivity index (χ0v) is 10.9. The number of likely N-dealkylation sites (N-methyl/N-ethyl adjacent to an activating group) is 1. The van der Waals surface area contributed by atoms with Gasteiger partial charge in [0.25, 0.3) is 0 Å². The summed E-state index contributed by atoms with van der Waals surface area (Å²) in [6.07, 6.45) is 8.76. The summed E-state index contributed by atoms with van der Waals surface area (Å²) in [4.78, 5) is 2.26. The summed E-state index contributed by atoms with van der Waals surface area (Å²) in [5, 5.41) is 0. The highest BCUT2D eigenvalue weighted by atomic mass is 28.3. The van der Waals surface area contributed by atoms with Crippen molar-refractivity contribution in [1.29, 1.82) is 0 Å². The van der Waals surface area contributed by atoms with Crippen LogP contribution in [-0.4, -0.2) is 33.1 Å². The first-order chi connectivity index (χ1) is 6.40. The molecule has 1 unspecified atom stereocenters. The van der Waals surface area contributed by atoms with E-state index in [4.69, 9.17) is 0 Å². The molecule has 2 heteroatoms. The van der Waals surface area contributed by atoms with Gasteiger partial charge in [0.05, 0.1) is 14.1 Å². The summed E-state index contributed by atoms with van der Waals surface area (Å²) < 4.78 is 0. The highest BCUT2D eigenvalue weighted by molar-refractivity contribution is 6.81. The Morgan fingerprint density at radius 2 is 1.86 bits per heavy atom. The topological polar surface area (TPSA) is 3.24 Å². The summed E-state index contributed by atoms with van der Waals surface area (Å²) in [5.74, 6) is 0. The zero-order chi connectivity index (χ0) is 10.8.